The van der Waals surface area contributed by atoms with Crippen LogP contribution in [0.3, 0.4) is 0 Å². The van der Waals surface area contributed by atoms with Gasteiger partial charge >= 0.3 is 0 Å². The van der Waals surface area contributed by atoms with Crippen molar-refractivity contribution >= 4 is 40.0 Å². The highest BCUT2D eigenvalue weighted by molar-refractivity contribution is 14.0. The lowest BCUT2D eigenvalue weighted by Crippen LogP contribution is -2.46. The maximum Gasteiger partial charge on any atom is 0.243 e. The van der Waals surface area contributed by atoms with Crippen molar-refractivity contribution in [3.8, 4) is 0 Å². The highest BCUT2D eigenvalue weighted by atomic mass is 127. The van der Waals surface area contributed by atoms with Crippen molar-refractivity contribution in [1.29, 1.82) is 0 Å². The van der Waals surface area contributed by atoms with Crippen molar-refractivity contribution in [3.05, 3.63) is 29.8 Å². The van der Waals surface area contributed by atoms with Crippen LogP contribution in [0.25, 0.3) is 0 Å². The van der Waals surface area contributed by atoms with Gasteiger partial charge in [0.15, 0.2) is 5.96 Å². The Balaban J connectivity index is 0.00000341. The van der Waals surface area contributed by atoms with Crippen LogP contribution in [0.1, 0.15) is 45.6 Å². The van der Waals surface area contributed by atoms with E-state index in [1.165, 1.54) is 0 Å². The first-order valence-electron chi connectivity index (χ1n) is 11.1. The summed E-state index contributed by atoms with van der Waals surface area (Å²) in [5.41, 5.74) is 1.03. The molecule has 0 spiro atoms. The molecule has 2 fully saturated rings. The number of sulfonamides is 1. The topological polar surface area (TPSA) is 77.0 Å². The zero-order valence-electron chi connectivity index (χ0n) is 19.2. The van der Waals surface area contributed by atoms with Crippen LogP contribution in [-0.2, 0) is 16.6 Å². The van der Waals surface area contributed by atoms with Gasteiger partial charge in [0.05, 0.1) is 4.90 Å². The molecular weight excluding hydrogens is 525 g/mol. The van der Waals surface area contributed by atoms with Gasteiger partial charge in [-0.25, -0.2) is 8.42 Å². The molecule has 31 heavy (non-hydrogen) atoms. The molecule has 0 aliphatic carbocycles. The van der Waals surface area contributed by atoms with E-state index in [1.54, 1.807) is 23.5 Å². The molecule has 2 aliphatic heterocycles. The SMILES string of the molecule is CN=C(NCc1ccc(S(=O)(=O)N2CCCCC2)cc1)NC1CN(C(C)C)CC1C.I. The van der Waals surface area contributed by atoms with Crippen molar-refractivity contribution in [2.75, 3.05) is 33.2 Å². The summed E-state index contributed by atoms with van der Waals surface area (Å²) < 4.78 is 27.2. The molecule has 9 heteroatoms. The Morgan fingerprint density at radius 1 is 1.13 bits per heavy atom. The smallest absolute Gasteiger partial charge is 0.243 e. The van der Waals surface area contributed by atoms with E-state index in [1.807, 2.05) is 12.1 Å². The number of halogens is 1. The van der Waals surface area contributed by atoms with E-state index in [2.05, 4.69) is 41.3 Å². The summed E-state index contributed by atoms with van der Waals surface area (Å²) in [5, 5.41) is 6.90. The first-order valence-corrected chi connectivity index (χ1v) is 12.6. The van der Waals surface area contributed by atoms with Gasteiger partial charge in [0.25, 0.3) is 0 Å². The Kier molecular flexibility index (Phi) is 10.0. The van der Waals surface area contributed by atoms with Crippen molar-refractivity contribution < 1.29 is 8.42 Å². The maximum absolute atomic E-state index is 12.8. The quantitative estimate of drug-likeness (QED) is 0.317. The Hall–Kier alpha value is -0.910. The molecule has 2 N–H and O–H groups in total. The van der Waals surface area contributed by atoms with Crippen LogP contribution in [0.5, 0.6) is 0 Å². The molecule has 2 heterocycles. The minimum absolute atomic E-state index is 0. The van der Waals surface area contributed by atoms with Crippen LogP contribution in [-0.4, -0.2) is 68.9 Å². The van der Waals surface area contributed by atoms with E-state index in [4.69, 9.17) is 0 Å². The average molecular weight is 564 g/mol. The lowest BCUT2D eigenvalue weighted by Gasteiger charge is -2.26. The summed E-state index contributed by atoms with van der Waals surface area (Å²) >= 11 is 0. The summed E-state index contributed by atoms with van der Waals surface area (Å²) in [6.07, 6.45) is 3.00. The van der Waals surface area contributed by atoms with Crippen molar-refractivity contribution in [2.24, 2.45) is 10.9 Å². The van der Waals surface area contributed by atoms with Gasteiger partial charge in [-0.1, -0.05) is 25.5 Å². The Bertz CT molecular complexity index is 823. The first kappa shape index (κ1) is 26.3. The van der Waals surface area contributed by atoms with Crippen LogP contribution in [0.4, 0.5) is 0 Å². The minimum atomic E-state index is -3.38. The third-order valence-corrected chi connectivity index (χ3v) is 8.17. The molecule has 0 bridgehead atoms. The molecular formula is C22H38IN5O2S. The molecule has 3 rings (SSSR count). The predicted octanol–water partition coefficient (Wildman–Crippen LogP) is 2.87. The monoisotopic (exact) mass is 563 g/mol. The number of guanidine groups is 1. The standard InChI is InChI=1S/C22H37N5O2S.HI/c1-17(2)26-15-18(3)21(16-26)25-22(23-4)24-14-19-8-10-20(11-9-19)30(28,29)27-12-6-5-7-13-27;/h8-11,17-18,21H,5-7,12-16H2,1-4H3,(H2,23,24,25);1H. The fraction of sp³-hybridized carbons (Fsp3) is 0.682. The third-order valence-electron chi connectivity index (χ3n) is 6.25. The van der Waals surface area contributed by atoms with Crippen LogP contribution in [0.2, 0.25) is 0 Å². The molecule has 0 aromatic heterocycles. The molecule has 0 radical (unpaired) electrons. The predicted molar refractivity (Wildman–Crippen MR) is 137 cm³/mol. The molecule has 0 saturated carbocycles. The van der Waals surface area contributed by atoms with Gasteiger partial charge in [0.2, 0.25) is 10.0 Å². The second kappa shape index (κ2) is 11.8. The first-order chi connectivity index (χ1) is 14.3. The van der Waals surface area contributed by atoms with Crippen molar-refractivity contribution in [3.63, 3.8) is 0 Å². The zero-order chi connectivity index (χ0) is 21.7. The Morgan fingerprint density at radius 3 is 2.32 bits per heavy atom. The molecule has 2 aliphatic rings. The van der Waals surface area contributed by atoms with Gasteiger partial charge < -0.3 is 10.6 Å². The Morgan fingerprint density at radius 2 is 1.77 bits per heavy atom. The van der Waals surface area contributed by atoms with E-state index in [0.717, 1.165) is 43.9 Å². The summed E-state index contributed by atoms with van der Waals surface area (Å²) in [7, 11) is -1.60. The van der Waals surface area contributed by atoms with Crippen LogP contribution >= 0.6 is 24.0 Å². The lowest BCUT2D eigenvalue weighted by molar-refractivity contribution is 0.265. The van der Waals surface area contributed by atoms with Gasteiger partial charge in [-0.15, -0.1) is 24.0 Å². The highest BCUT2D eigenvalue weighted by Gasteiger charge is 2.31. The summed E-state index contributed by atoms with van der Waals surface area (Å²) in [4.78, 5) is 7.22. The minimum Gasteiger partial charge on any atom is -0.352 e. The largest absolute Gasteiger partial charge is 0.352 e. The van der Waals surface area contributed by atoms with Gasteiger partial charge in [-0.2, -0.15) is 4.31 Å². The number of nitrogens with zero attached hydrogens (tertiary/aromatic N) is 3. The number of piperidine rings is 1. The fourth-order valence-corrected chi connectivity index (χ4v) is 5.72. The van der Waals surface area contributed by atoms with Gasteiger partial charge in [-0.05, 0) is 50.3 Å². The number of nitrogens with one attached hydrogen (secondary N) is 2. The van der Waals surface area contributed by atoms with Crippen LogP contribution in [0.15, 0.2) is 34.2 Å². The molecule has 2 saturated heterocycles. The van der Waals surface area contributed by atoms with Gasteiger partial charge in [0, 0.05) is 51.9 Å². The van der Waals surface area contributed by atoms with E-state index < -0.39 is 10.0 Å². The molecule has 2 unspecified atom stereocenters. The van der Waals surface area contributed by atoms with E-state index >= 15 is 0 Å². The summed E-state index contributed by atoms with van der Waals surface area (Å²) in [6.45, 7) is 10.7. The molecule has 7 nitrogen and oxygen atoms in total. The number of aliphatic imine (C=N–C) groups is 1. The van der Waals surface area contributed by atoms with E-state index in [-0.39, 0.29) is 24.0 Å². The third kappa shape index (κ3) is 6.79. The fourth-order valence-electron chi connectivity index (χ4n) is 4.20. The summed E-state index contributed by atoms with van der Waals surface area (Å²) in [6, 6.07) is 8.13. The second-order valence-corrected chi connectivity index (χ2v) is 10.7. The number of hydrogen-bond donors (Lipinski definition) is 2. The summed E-state index contributed by atoms with van der Waals surface area (Å²) in [5.74, 6) is 1.34. The molecule has 0 amide bonds. The van der Waals surface area contributed by atoms with Crippen molar-refractivity contribution in [2.45, 2.75) is 63.6 Å². The average Bonchev–Trinajstić information content (AvgIpc) is 3.12. The molecule has 2 atom stereocenters. The maximum atomic E-state index is 12.8. The molecule has 1 aromatic carbocycles. The number of likely N-dealkylation sites (tertiary alicyclic amines) is 1. The van der Waals surface area contributed by atoms with Crippen molar-refractivity contribution in [1.82, 2.24) is 19.8 Å². The lowest BCUT2D eigenvalue weighted by atomic mass is 10.1. The van der Waals surface area contributed by atoms with Crippen LogP contribution in [0, 0.1) is 5.92 Å². The number of hydrogen-bond acceptors (Lipinski definition) is 4. The van der Waals surface area contributed by atoms with Crippen LogP contribution < -0.4 is 10.6 Å². The van der Waals surface area contributed by atoms with E-state index in [0.29, 0.717) is 42.5 Å². The number of benzene rings is 1. The molecule has 1 aromatic rings. The van der Waals surface area contributed by atoms with Gasteiger partial charge in [-0.3, -0.25) is 9.89 Å². The second-order valence-electron chi connectivity index (χ2n) is 8.81. The highest BCUT2D eigenvalue weighted by Crippen LogP contribution is 2.21. The van der Waals surface area contributed by atoms with E-state index in [9.17, 15) is 8.42 Å². The van der Waals surface area contributed by atoms with Gasteiger partial charge in [0.1, 0.15) is 0 Å². The Labute approximate surface area is 205 Å². The normalized spacial score (nSPS) is 23.6. The number of rotatable bonds is 6. The zero-order valence-corrected chi connectivity index (χ0v) is 22.3. The molecule has 176 valence electrons.